The number of urea groups is 1. The van der Waals surface area contributed by atoms with Gasteiger partial charge in [-0.25, -0.2) is 4.79 Å². The van der Waals surface area contributed by atoms with Crippen LogP contribution in [0, 0.1) is 0 Å². The fraction of sp³-hybridized carbons (Fsp3) is 0.846. The summed E-state index contributed by atoms with van der Waals surface area (Å²) in [7, 11) is 0. The van der Waals surface area contributed by atoms with E-state index < -0.39 is 5.97 Å². The van der Waals surface area contributed by atoms with Crippen LogP contribution in [0.1, 0.15) is 27.2 Å². The van der Waals surface area contributed by atoms with Gasteiger partial charge in [-0.15, -0.1) is 0 Å². The second-order valence-corrected chi connectivity index (χ2v) is 5.37. The minimum atomic E-state index is -0.924. The van der Waals surface area contributed by atoms with Crippen molar-refractivity contribution in [2.24, 2.45) is 0 Å². The molecule has 2 amide bonds. The van der Waals surface area contributed by atoms with Gasteiger partial charge in [-0.3, -0.25) is 4.79 Å². The van der Waals surface area contributed by atoms with Crippen LogP contribution in [0.4, 0.5) is 4.79 Å². The number of hydrogen-bond acceptors (Lipinski definition) is 4. The molecule has 0 spiro atoms. The summed E-state index contributed by atoms with van der Waals surface area (Å²) in [6.45, 7) is 6.38. The molecule has 7 nitrogen and oxygen atoms in total. The zero-order chi connectivity index (χ0) is 15.3. The van der Waals surface area contributed by atoms with Crippen LogP contribution >= 0.6 is 0 Å². The van der Waals surface area contributed by atoms with Crippen molar-refractivity contribution in [2.45, 2.75) is 45.4 Å². The number of carbonyl (C=O) groups is 2. The fourth-order valence-electron chi connectivity index (χ4n) is 2.27. The number of morpholine rings is 1. The highest BCUT2D eigenvalue weighted by Crippen LogP contribution is 2.14. The summed E-state index contributed by atoms with van der Waals surface area (Å²) in [5, 5.41) is 17.9. The molecule has 1 aliphatic heterocycles. The van der Waals surface area contributed by atoms with Crippen molar-refractivity contribution in [3.05, 3.63) is 0 Å². The predicted octanol–water partition coefficient (Wildman–Crippen LogP) is 0.373. The fourth-order valence-corrected chi connectivity index (χ4v) is 2.27. The summed E-state index contributed by atoms with van der Waals surface area (Å²) in [5.41, 5.74) is 0. The molecular weight excluding hydrogens is 264 g/mol. The molecule has 20 heavy (non-hydrogen) atoms. The number of ether oxygens (including phenoxy) is 1. The molecular formula is C13H24N2O5. The third kappa shape index (κ3) is 4.64. The summed E-state index contributed by atoms with van der Waals surface area (Å²) in [6.07, 6.45) is -0.595. The van der Waals surface area contributed by atoms with Crippen LogP contribution in [-0.2, 0) is 9.53 Å². The molecule has 7 heteroatoms. The van der Waals surface area contributed by atoms with Crippen molar-refractivity contribution < 1.29 is 24.5 Å². The van der Waals surface area contributed by atoms with Gasteiger partial charge in [-0.05, 0) is 20.8 Å². The molecule has 116 valence electrons. The average Bonchev–Trinajstić information content (AvgIpc) is 2.37. The van der Waals surface area contributed by atoms with Crippen molar-refractivity contribution in [1.82, 2.24) is 9.80 Å². The Morgan fingerprint density at radius 3 is 2.55 bits per heavy atom. The summed E-state index contributed by atoms with van der Waals surface area (Å²) < 4.78 is 5.50. The predicted molar refractivity (Wildman–Crippen MR) is 72.5 cm³/mol. The average molecular weight is 288 g/mol. The smallest absolute Gasteiger partial charge is 0.320 e. The van der Waals surface area contributed by atoms with E-state index in [0.29, 0.717) is 13.1 Å². The number of nitrogens with zero attached hydrogens (tertiary/aromatic N) is 2. The highest BCUT2D eigenvalue weighted by atomic mass is 16.5. The van der Waals surface area contributed by atoms with Gasteiger partial charge >= 0.3 is 12.0 Å². The summed E-state index contributed by atoms with van der Waals surface area (Å²) in [4.78, 5) is 26.3. The van der Waals surface area contributed by atoms with Gasteiger partial charge < -0.3 is 24.7 Å². The van der Waals surface area contributed by atoms with Crippen molar-refractivity contribution in [3.8, 4) is 0 Å². The molecule has 1 saturated heterocycles. The second kappa shape index (κ2) is 7.44. The molecule has 0 saturated carbocycles. The maximum atomic E-state index is 12.5. The SMILES string of the molecule is CC1CN(C(=O)N(CCC(=O)O)C(C)C)CC(CO)O1. The van der Waals surface area contributed by atoms with Gasteiger partial charge in [0.05, 0.1) is 31.8 Å². The third-order valence-corrected chi connectivity index (χ3v) is 3.24. The standard InChI is InChI=1S/C13H24N2O5/c1-9(2)15(5-4-12(17)18)13(19)14-6-10(3)20-11(7-14)8-16/h9-11,16H,4-8H2,1-3H3,(H,17,18). The second-order valence-electron chi connectivity index (χ2n) is 5.37. The minimum Gasteiger partial charge on any atom is -0.481 e. The number of aliphatic carboxylic acids is 1. The molecule has 0 radical (unpaired) electrons. The van der Waals surface area contributed by atoms with Crippen LogP contribution in [0.5, 0.6) is 0 Å². The molecule has 0 aromatic carbocycles. The van der Waals surface area contributed by atoms with Crippen LogP contribution in [-0.4, -0.2) is 76.5 Å². The van der Waals surface area contributed by atoms with E-state index in [2.05, 4.69) is 0 Å². The number of carboxylic acid groups (broad SMARTS) is 1. The van der Waals surface area contributed by atoms with E-state index in [0.717, 1.165) is 0 Å². The molecule has 1 heterocycles. The lowest BCUT2D eigenvalue weighted by Crippen LogP contribution is -2.55. The Bertz CT molecular complexity index is 348. The number of aliphatic hydroxyl groups is 1. The normalized spacial score (nSPS) is 22.9. The number of rotatable bonds is 5. The molecule has 0 aliphatic carbocycles. The minimum absolute atomic E-state index is 0.0761. The maximum Gasteiger partial charge on any atom is 0.320 e. The van der Waals surface area contributed by atoms with E-state index in [1.54, 1.807) is 9.80 Å². The molecule has 1 aliphatic rings. The van der Waals surface area contributed by atoms with Crippen LogP contribution < -0.4 is 0 Å². The highest BCUT2D eigenvalue weighted by molar-refractivity contribution is 5.76. The van der Waals surface area contributed by atoms with E-state index >= 15 is 0 Å². The van der Waals surface area contributed by atoms with Crippen molar-refractivity contribution in [1.29, 1.82) is 0 Å². The molecule has 1 rings (SSSR count). The van der Waals surface area contributed by atoms with Crippen molar-refractivity contribution in [3.63, 3.8) is 0 Å². The number of aliphatic hydroxyl groups excluding tert-OH is 1. The molecule has 2 N–H and O–H groups in total. The Kier molecular flexibility index (Phi) is 6.22. The lowest BCUT2D eigenvalue weighted by Gasteiger charge is -2.39. The molecule has 2 unspecified atom stereocenters. The van der Waals surface area contributed by atoms with Gasteiger partial charge in [0.2, 0.25) is 0 Å². The number of hydrogen-bond donors (Lipinski definition) is 2. The number of amides is 2. The first-order valence-corrected chi connectivity index (χ1v) is 6.88. The Hall–Kier alpha value is -1.34. The number of carboxylic acids is 1. The first-order chi connectivity index (χ1) is 9.35. The monoisotopic (exact) mass is 288 g/mol. The van der Waals surface area contributed by atoms with Crippen molar-refractivity contribution in [2.75, 3.05) is 26.2 Å². The Morgan fingerprint density at radius 2 is 2.05 bits per heavy atom. The first kappa shape index (κ1) is 16.7. The van der Waals surface area contributed by atoms with Gasteiger partial charge in [0.1, 0.15) is 0 Å². The Morgan fingerprint density at radius 1 is 1.40 bits per heavy atom. The molecule has 0 aromatic heterocycles. The maximum absolute atomic E-state index is 12.5. The Labute approximate surface area is 119 Å². The van der Waals surface area contributed by atoms with E-state index in [9.17, 15) is 14.7 Å². The third-order valence-electron chi connectivity index (χ3n) is 3.24. The van der Waals surface area contributed by atoms with Gasteiger partial charge in [0, 0.05) is 19.1 Å². The van der Waals surface area contributed by atoms with Gasteiger partial charge in [-0.1, -0.05) is 0 Å². The summed E-state index contributed by atoms with van der Waals surface area (Å²) in [6, 6.07) is -0.276. The van der Waals surface area contributed by atoms with E-state index in [1.807, 2.05) is 20.8 Å². The number of carbonyl (C=O) groups excluding carboxylic acids is 1. The van der Waals surface area contributed by atoms with Gasteiger partial charge in [-0.2, -0.15) is 0 Å². The van der Waals surface area contributed by atoms with Crippen molar-refractivity contribution >= 4 is 12.0 Å². The molecule has 1 fully saturated rings. The van der Waals surface area contributed by atoms with Crippen LogP contribution in [0.15, 0.2) is 0 Å². The van der Waals surface area contributed by atoms with E-state index in [4.69, 9.17) is 9.84 Å². The Balaban J connectivity index is 2.70. The quantitative estimate of drug-likeness (QED) is 0.763. The lowest BCUT2D eigenvalue weighted by molar-refractivity contribution is -0.137. The first-order valence-electron chi connectivity index (χ1n) is 6.88. The molecule has 0 bridgehead atoms. The summed E-state index contributed by atoms with van der Waals surface area (Å²) in [5.74, 6) is -0.924. The van der Waals surface area contributed by atoms with Gasteiger partial charge in [0.25, 0.3) is 0 Å². The van der Waals surface area contributed by atoms with Crippen LogP contribution in [0.25, 0.3) is 0 Å². The van der Waals surface area contributed by atoms with E-state index in [1.165, 1.54) is 0 Å². The zero-order valence-corrected chi connectivity index (χ0v) is 12.3. The molecule has 0 aromatic rings. The van der Waals surface area contributed by atoms with Crippen LogP contribution in [0.2, 0.25) is 0 Å². The van der Waals surface area contributed by atoms with Gasteiger partial charge in [0.15, 0.2) is 0 Å². The highest BCUT2D eigenvalue weighted by Gasteiger charge is 2.31. The largest absolute Gasteiger partial charge is 0.481 e. The topological polar surface area (TPSA) is 90.3 Å². The summed E-state index contributed by atoms with van der Waals surface area (Å²) >= 11 is 0. The van der Waals surface area contributed by atoms with E-state index in [-0.39, 0.29) is 43.9 Å². The molecule has 2 atom stereocenters. The zero-order valence-electron chi connectivity index (χ0n) is 12.3. The van der Waals surface area contributed by atoms with Crippen LogP contribution in [0.3, 0.4) is 0 Å². The lowest BCUT2D eigenvalue weighted by atomic mass is 10.2.